The summed E-state index contributed by atoms with van der Waals surface area (Å²) in [6.45, 7) is 2.04. The van der Waals surface area contributed by atoms with E-state index in [1.54, 1.807) is 19.1 Å². The molecule has 0 radical (unpaired) electrons. The molecule has 5 heteroatoms. The van der Waals surface area contributed by atoms with Crippen LogP contribution in [0.15, 0.2) is 91.0 Å². The van der Waals surface area contributed by atoms with Crippen LogP contribution in [0.3, 0.4) is 0 Å². The fourth-order valence-corrected chi connectivity index (χ4v) is 3.40. The molecular weight excluding hydrogens is 388 g/mol. The molecule has 0 aromatic heterocycles. The van der Waals surface area contributed by atoms with E-state index in [0.717, 1.165) is 6.42 Å². The lowest BCUT2D eigenvalue weighted by Gasteiger charge is -2.19. The van der Waals surface area contributed by atoms with E-state index in [4.69, 9.17) is 4.74 Å². The summed E-state index contributed by atoms with van der Waals surface area (Å²) in [7, 11) is 0. The molecule has 31 heavy (non-hydrogen) atoms. The van der Waals surface area contributed by atoms with Gasteiger partial charge in [0.2, 0.25) is 5.91 Å². The monoisotopic (exact) mass is 416 g/mol. The van der Waals surface area contributed by atoms with Gasteiger partial charge in [-0.1, -0.05) is 78.9 Å². The highest BCUT2D eigenvalue weighted by Gasteiger charge is 2.18. The van der Waals surface area contributed by atoms with Crippen LogP contribution in [0, 0.1) is 0 Å². The van der Waals surface area contributed by atoms with Crippen LogP contribution in [0.1, 0.15) is 30.4 Å². The Bertz CT molecular complexity index is 907. The average molecular weight is 417 g/mol. The first-order chi connectivity index (χ1) is 15.1. The zero-order valence-corrected chi connectivity index (χ0v) is 17.7. The summed E-state index contributed by atoms with van der Waals surface area (Å²) in [6.07, 6.45) is 0.761. The smallest absolute Gasteiger partial charge is 0.258 e. The summed E-state index contributed by atoms with van der Waals surface area (Å²) in [4.78, 5) is 24.5. The molecule has 2 amide bonds. The molecule has 0 fully saturated rings. The Labute approximate surface area is 183 Å². The van der Waals surface area contributed by atoms with Gasteiger partial charge in [0.15, 0.2) is 6.61 Å². The van der Waals surface area contributed by atoms with Crippen LogP contribution < -0.4 is 15.4 Å². The van der Waals surface area contributed by atoms with Crippen molar-refractivity contribution in [2.75, 3.05) is 13.2 Å². The normalized spacial score (nSPS) is 11.5. The minimum atomic E-state index is -0.640. The number of carbonyl (C=O) groups excluding carboxylic acids is 2. The molecule has 2 N–H and O–H groups in total. The van der Waals surface area contributed by atoms with E-state index in [1.165, 1.54) is 11.1 Å². The Morgan fingerprint density at radius 2 is 1.32 bits per heavy atom. The molecule has 160 valence electrons. The number of carbonyl (C=O) groups is 2. The van der Waals surface area contributed by atoms with Gasteiger partial charge in [-0.15, -0.1) is 0 Å². The van der Waals surface area contributed by atoms with Gasteiger partial charge in [0.1, 0.15) is 11.8 Å². The van der Waals surface area contributed by atoms with Gasteiger partial charge in [-0.3, -0.25) is 9.59 Å². The number of ether oxygens (including phenoxy) is 1. The summed E-state index contributed by atoms with van der Waals surface area (Å²) in [5, 5.41) is 5.61. The highest BCUT2D eigenvalue weighted by atomic mass is 16.5. The Kier molecular flexibility index (Phi) is 8.23. The van der Waals surface area contributed by atoms with Crippen molar-refractivity contribution in [1.29, 1.82) is 0 Å². The number of hydrogen-bond acceptors (Lipinski definition) is 3. The van der Waals surface area contributed by atoms with E-state index in [1.807, 2.05) is 54.6 Å². The maximum absolute atomic E-state index is 12.4. The van der Waals surface area contributed by atoms with Gasteiger partial charge in [0, 0.05) is 12.5 Å². The average Bonchev–Trinajstić information content (AvgIpc) is 2.82. The van der Waals surface area contributed by atoms with Crippen LogP contribution >= 0.6 is 0 Å². The van der Waals surface area contributed by atoms with Crippen LogP contribution in [0.5, 0.6) is 5.75 Å². The Morgan fingerprint density at radius 1 is 0.806 bits per heavy atom. The van der Waals surface area contributed by atoms with E-state index < -0.39 is 6.04 Å². The zero-order valence-electron chi connectivity index (χ0n) is 17.7. The maximum Gasteiger partial charge on any atom is 0.258 e. The number of rotatable bonds is 10. The topological polar surface area (TPSA) is 67.4 Å². The van der Waals surface area contributed by atoms with Crippen LogP contribution in [-0.4, -0.2) is 31.0 Å². The summed E-state index contributed by atoms with van der Waals surface area (Å²) < 4.78 is 5.42. The third kappa shape index (κ3) is 7.00. The van der Waals surface area contributed by atoms with E-state index in [0.29, 0.717) is 12.3 Å². The highest BCUT2D eigenvalue weighted by Crippen LogP contribution is 2.27. The molecule has 0 aliphatic heterocycles. The number of hydrogen-bond donors (Lipinski definition) is 2. The third-order valence-electron chi connectivity index (χ3n) is 5.02. The minimum Gasteiger partial charge on any atom is -0.484 e. The van der Waals surface area contributed by atoms with Crippen molar-refractivity contribution in [3.8, 4) is 5.75 Å². The molecule has 0 aliphatic carbocycles. The van der Waals surface area contributed by atoms with Crippen LogP contribution in [0.2, 0.25) is 0 Å². The second-order valence-electron chi connectivity index (χ2n) is 7.34. The Balaban J connectivity index is 1.47. The van der Waals surface area contributed by atoms with Crippen LogP contribution in [-0.2, 0) is 9.59 Å². The van der Waals surface area contributed by atoms with Gasteiger partial charge in [-0.25, -0.2) is 0 Å². The van der Waals surface area contributed by atoms with Gasteiger partial charge in [0.25, 0.3) is 5.91 Å². The fourth-order valence-electron chi connectivity index (χ4n) is 3.40. The quantitative estimate of drug-likeness (QED) is 0.527. The lowest BCUT2D eigenvalue weighted by molar-refractivity contribution is -0.129. The number of amides is 2. The molecule has 0 spiro atoms. The van der Waals surface area contributed by atoms with Gasteiger partial charge >= 0.3 is 0 Å². The first-order valence-corrected chi connectivity index (χ1v) is 10.5. The van der Waals surface area contributed by atoms with Crippen LogP contribution in [0.25, 0.3) is 0 Å². The summed E-state index contributed by atoms with van der Waals surface area (Å²) in [5.41, 5.74) is 2.42. The van der Waals surface area contributed by atoms with Crippen molar-refractivity contribution in [1.82, 2.24) is 10.6 Å². The molecule has 0 heterocycles. The second-order valence-corrected chi connectivity index (χ2v) is 7.34. The fraction of sp³-hybridized carbons (Fsp3) is 0.231. The molecule has 3 rings (SSSR count). The maximum atomic E-state index is 12.4. The lowest BCUT2D eigenvalue weighted by Crippen LogP contribution is -2.46. The molecule has 0 bridgehead atoms. The first-order valence-electron chi connectivity index (χ1n) is 10.5. The lowest BCUT2D eigenvalue weighted by atomic mass is 9.88. The molecular formula is C26H28N2O3. The second kappa shape index (κ2) is 11.6. The Morgan fingerprint density at radius 3 is 1.87 bits per heavy atom. The van der Waals surface area contributed by atoms with Gasteiger partial charge < -0.3 is 15.4 Å². The van der Waals surface area contributed by atoms with Crippen molar-refractivity contribution in [3.63, 3.8) is 0 Å². The number of para-hydroxylation sites is 1. The van der Waals surface area contributed by atoms with Crippen molar-refractivity contribution in [2.45, 2.75) is 25.3 Å². The van der Waals surface area contributed by atoms with Crippen molar-refractivity contribution in [2.24, 2.45) is 0 Å². The first kappa shape index (κ1) is 22.1. The van der Waals surface area contributed by atoms with E-state index in [2.05, 4.69) is 34.9 Å². The number of benzene rings is 3. The Hall–Kier alpha value is -3.60. The third-order valence-corrected chi connectivity index (χ3v) is 5.02. The van der Waals surface area contributed by atoms with Crippen molar-refractivity contribution < 1.29 is 14.3 Å². The molecule has 1 atom stereocenters. The standard InChI is InChI=1S/C26H28N2O3/c1-20(28-25(29)19-31-23-15-9-4-10-16-23)26(30)27-18-17-24(21-11-5-2-6-12-21)22-13-7-3-8-14-22/h2-16,20,24H,17-19H2,1H3,(H,27,30)(H,28,29). The summed E-state index contributed by atoms with van der Waals surface area (Å²) >= 11 is 0. The molecule has 5 nitrogen and oxygen atoms in total. The number of nitrogens with one attached hydrogen (secondary N) is 2. The summed E-state index contributed by atoms with van der Waals surface area (Å²) in [5.74, 6) is 0.250. The highest BCUT2D eigenvalue weighted by molar-refractivity contribution is 5.87. The van der Waals surface area contributed by atoms with Gasteiger partial charge in [-0.2, -0.15) is 0 Å². The van der Waals surface area contributed by atoms with E-state index in [-0.39, 0.29) is 24.3 Å². The molecule has 1 unspecified atom stereocenters. The molecule has 0 saturated carbocycles. The largest absolute Gasteiger partial charge is 0.484 e. The predicted octanol–water partition coefficient (Wildman–Crippen LogP) is 3.91. The molecule has 3 aromatic rings. The van der Waals surface area contributed by atoms with Gasteiger partial charge in [-0.05, 0) is 36.6 Å². The summed E-state index contributed by atoms with van der Waals surface area (Å²) in [6, 6.07) is 29.0. The molecule has 3 aromatic carbocycles. The minimum absolute atomic E-state index is 0.133. The molecule has 0 aliphatic rings. The van der Waals surface area contributed by atoms with Crippen molar-refractivity contribution in [3.05, 3.63) is 102 Å². The molecule has 0 saturated heterocycles. The van der Waals surface area contributed by atoms with Gasteiger partial charge in [0.05, 0.1) is 0 Å². The SMILES string of the molecule is CC(NC(=O)COc1ccccc1)C(=O)NCCC(c1ccccc1)c1ccccc1. The zero-order chi connectivity index (χ0) is 21.9. The van der Waals surface area contributed by atoms with Crippen LogP contribution in [0.4, 0.5) is 0 Å². The van der Waals surface area contributed by atoms with E-state index >= 15 is 0 Å². The van der Waals surface area contributed by atoms with E-state index in [9.17, 15) is 9.59 Å². The van der Waals surface area contributed by atoms with Crippen molar-refractivity contribution >= 4 is 11.8 Å². The predicted molar refractivity (Wildman–Crippen MR) is 122 cm³/mol.